The van der Waals surface area contributed by atoms with Crippen molar-refractivity contribution in [3.05, 3.63) is 59.8 Å². The number of carbonyl (C=O) groups is 2. The molecule has 0 bridgehead atoms. The van der Waals surface area contributed by atoms with Crippen LogP contribution in [0.5, 0.6) is 5.75 Å². The smallest absolute Gasteiger partial charge is 0.236 e. The third kappa shape index (κ3) is 6.48. The highest BCUT2D eigenvalue weighted by Crippen LogP contribution is 2.26. The van der Waals surface area contributed by atoms with Crippen molar-refractivity contribution in [1.82, 2.24) is 29.7 Å². The molecule has 11 nitrogen and oxygen atoms in total. The average molecular weight is 554 g/mol. The number of hydrogen-bond acceptors (Lipinski definition) is 8. The molecule has 12 heteroatoms. The van der Waals surface area contributed by atoms with Gasteiger partial charge in [-0.05, 0) is 36.6 Å². The van der Waals surface area contributed by atoms with Crippen LogP contribution in [0.4, 0.5) is 5.82 Å². The van der Waals surface area contributed by atoms with Gasteiger partial charge < -0.3 is 24.6 Å². The zero-order chi connectivity index (χ0) is 27.2. The Hall–Kier alpha value is -3.70. The van der Waals surface area contributed by atoms with Crippen molar-refractivity contribution in [2.45, 2.75) is 25.3 Å². The number of anilines is 1. The quantitative estimate of drug-likeness (QED) is 0.428. The van der Waals surface area contributed by atoms with Gasteiger partial charge in [0.1, 0.15) is 17.9 Å². The number of halogens is 1. The normalized spacial score (nSPS) is 19.2. The lowest BCUT2D eigenvalue weighted by atomic mass is 10.0. The summed E-state index contributed by atoms with van der Waals surface area (Å²) in [5, 5.41) is 3.56. The van der Waals surface area contributed by atoms with Crippen molar-refractivity contribution < 1.29 is 19.1 Å². The van der Waals surface area contributed by atoms with Gasteiger partial charge in [0.25, 0.3) is 0 Å². The molecule has 1 N–H and O–H groups in total. The second-order valence-electron chi connectivity index (χ2n) is 9.65. The van der Waals surface area contributed by atoms with Crippen LogP contribution in [0.2, 0.25) is 5.02 Å². The summed E-state index contributed by atoms with van der Waals surface area (Å²) in [5.74, 6) is 1.70. The third-order valence-corrected chi connectivity index (χ3v) is 7.40. The predicted octanol–water partition coefficient (Wildman–Crippen LogP) is 2.13. The Labute approximate surface area is 232 Å². The lowest BCUT2D eigenvalue weighted by molar-refractivity contribution is -0.137. The van der Waals surface area contributed by atoms with E-state index in [0.29, 0.717) is 68.4 Å². The molecule has 2 aromatic heterocycles. The molecule has 2 atom stereocenters. The fraction of sp³-hybridized carbons (Fsp3) is 0.444. The molecule has 2 aliphatic heterocycles. The Morgan fingerprint density at radius 3 is 2.87 bits per heavy atom. The minimum Gasteiger partial charge on any atom is -0.495 e. The van der Waals surface area contributed by atoms with Crippen LogP contribution in [0.15, 0.2) is 49.2 Å². The number of benzene rings is 1. The number of imidazole rings is 1. The summed E-state index contributed by atoms with van der Waals surface area (Å²) in [5.41, 5.74) is 1.00. The Kier molecular flexibility index (Phi) is 8.58. The maximum absolute atomic E-state index is 13.2. The van der Waals surface area contributed by atoms with Crippen molar-refractivity contribution in [1.29, 1.82) is 0 Å². The number of rotatable bonds is 9. The van der Waals surface area contributed by atoms with Crippen molar-refractivity contribution in [2.75, 3.05) is 51.4 Å². The van der Waals surface area contributed by atoms with Gasteiger partial charge in [-0.3, -0.25) is 14.2 Å². The molecule has 1 aromatic carbocycles. The number of piperazine rings is 1. The first kappa shape index (κ1) is 26.9. The van der Waals surface area contributed by atoms with E-state index in [-0.39, 0.29) is 30.2 Å². The second kappa shape index (κ2) is 12.4. The van der Waals surface area contributed by atoms with Gasteiger partial charge in [0.15, 0.2) is 0 Å². The van der Waals surface area contributed by atoms with Crippen molar-refractivity contribution in [3.63, 3.8) is 0 Å². The Morgan fingerprint density at radius 2 is 2.13 bits per heavy atom. The summed E-state index contributed by atoms with van der Waals surface area (Å²) >= 11 is 6.23. The molecule has 2 fully saturated rings. The molecular formula is C27H32ClN7O4. The minimum atomic E-state index is -0.244. The molecule has 2 unspecified atom stereocenters. The first-order valence-corrected chi connectivity index (χ1v) is 13.4. The fourth-order valence-corrected chi connectivity index (χ4v) is 5.30. The highest BCUT2D eigenvalue weighted by atomic mass is 35.5. The first-order valence-electron chi connectivity index (χ1n) is 13.1. The third-order valence-electron chi connectivity index (χ3n) is 7.10. The van der Waals surface area contributed by atoms with Gasteiger partial charge in [-0.25, -0.2) is 9.97 Å². The lowest BCUT2D eigenvalue weighted by Crippen LogP contribution is -2.57. The van der Waals surface area contributed by atoms with Crippen molar-refractivity contribution in [2.24, 2.45) is 5.92 Å². The standard InChI is InChI=1S/C27H32ClN7O4/c1-38-23-3-2-19(14-22(23)28)4-7-30-25(36)15-21-16-33(26(37)20-6-13-39-17-20)11-12-35(21)24-5-8-31-27(32-24)34-10-9-29-18-34/h2-3,5,8-10,14,18,20-21H,4,6-7,11-13,15-17H2,1H3,(H,30,36). The predicted molar refractivity (Wildman–Crippen MR) is 145 cm³/mol. The van der Waals surface area contributed by atoms with Crippen LogP contribution in [0.1, 0.15) is 18.4 Å². The van der Waals surface area contributed by atoms with E-state index in [4.69, 9.17) is 26.1 Å². The van der Waals surface area contributed by atoms with Crippen LogP contribution < -0.4 is 15.0 Å². The Morgan fingerprint density at radius 1 is 1.23 bits per heavy atom. The number of nitrogens with zero attached hydrogens (tertiary/aromatic N) is 6. The number of carbonyl (C=O) groups excluding carboxylic acids is 2. The molecule has 39 heavy (non-hydrogen) atoms. The van der Waals surface area contributed by atoms with Gasteiger partial charge in [-0.1, -0.05) is 17.7 Å². The number of methoxy groups -OCH3 is 1. The van der Waals surface area contributed by atoms with Crippen LogP contribution in [-0.2, 0) is 20.7 Å². The number of aromatic nitrogens is 4. The minimum absolute atomic E-state index is 0.0907. The van der Waals surface area contributed by atoms with Crippen LogP contribution in [-0.4, -0.2) is 88.8 Å². The van der Waals surface area contributed by atoms with E-state index < -0.39 is 0 Å². The summed E-state index contributed by atoms with van der Waals surface area (Å²) < 4.78 is 12.4. The molecular weight excluding hydrogens is 522 g/mol. The summed E-state index contributed by atoms with van der Waals surface area (Å²) in [6.45, 7) is 3.08. The number of amides is 2. The van der Waals surface area contributed by atoms with Gasteiger partial charge >= 0.3 is 0 Å². The highest BCUT2D eigenvalue weighted by molar-refractivity contribution is 6.32. The molecule has 2 saturated heterocycles. The molecule has 0 radical (unpaired) electrons. The van der Waals surface area contributed by atoms with Gasteiger partial charge in [0.05, 0.1) is 30.7 Å². The van der Waals surface area contributed by atoms with E-state index in [2.05, 4.69) is 20.2 Å². The summed E-state index contributed by atoms with van der Waals surface area (Å²) in [7, 11) is 1.58. The van der Waals surface area contributed by atoms with E-state index in [9.17, 15) is 9.59 Å². The van der Waals surface area contributed by atoms with E-state index >= 15 is 0 Å². The molecule has 2 aliphatic rings. The molecule has 0 spiro atoms. The molecule has 0 saturated carbocycles. The molecule has 2 amide bonds. The van der Waals surface area contributed by atoms with E-state index in [0.717, 1.165) is 12.0 Å². The van der Waals surface area contributed by atoms with Crippen LogP contribution in [0.25, 0.3) is 5.95 Å². The molecule has 206 valence electrons. The largest absolute Gasteiger partial charge is 0.495 e. The maximum Gasteiger partial charge on any atom is 0.236 e. The van der Waals surface area contributed by atoms with Crippen LogP contribution >= 0.6 is 11.6 Å². The number of nitrogens with one attached hydrogen (secondary N) is 1. The van der Waals surface area contributed by atoms with E-state index in [1.807, 2.05) is 29.2 Å². The maximum atomic E-state index is 13.2. The second-order valence-corrected chi connectivity index (χ2v) is 10.1. The lowest BCUT2D eigenvalue weighted by Gasteiger charge is -2.42. The summed E-state index contributed by atoms with van der Waals surface area (Å²) in [4.78, 5) is 43.4. The van der Waals surface area contributed by atoms with E-state index in [1.165, 1.54) is 0 Å². The molecule has 4 heterocycles. The fourth-order valence-electron chi connectivity index (χ4n) is 5.02. The topological polar surface area (TPSA) is 115 Å². The van der Waals surface area contributed by atoms with Crippen LogP contribution in [0.3, 0.4) is 0 Å². The number of hydrogen-bond donors (Lipinski definition) is 1. The zero-order valence-electron chi connectivity index (χ0n) is 21.8. The first-order chi connectivity index (χ1) is 19.0. The zero-order valence-corrected chi connectivity index (χ0v) is 22.6. The molecule has 3 aromatic rings. The van der Waals surface area contributed by atoms with Crippen LogP contribution in [0, 0.1) is 5.92 Å². The molecule has 5 rings (SSSR count). The van der Waals surface area contributed by atoms with Gasteiger partial charge in [-0.2, -0.15) is 4.98 Å². The number of ether oxygens (including phenoxy) is 2. The molecule has 0 aliphatic carbocycles. The highest BCUT2D eigenvalue weighted by Gasteiger charge is 2.35. The SMILES string of the molecule is COc1ccc(CCNC(=O)CC2CN(C(=O)C3CCOC3)CCN2c2ccnc(-n3ccnc3)n2)cc1Cl. The monoisotopic (exact) mass is 553 g/mol. The van der Waals surface area contributed by atoms with E-state index in [1.54, 1.807) is 36.6 Å². The van der Waals surface area contributed by atoms with Crippen molar-refractivity contribution in [3.8, 4) is 11.7 Å². The van der Waals surface area contributed by atoms with Gasteiger partial charge in [0, 0.05) is 57.8 Å². The van der Waals surface area contributed by atoms with Crippen molar-refractivity contribution >= 4 is 29.2 Å². The summed E-state index contributed by atoms with van der Waals surface area (Å²) in [6.07, 6.45) is 8.37. The van der Waals surface area contributed by atoms with Gasteiger partial charge in [-0.15, -0.1) is 0 Å². The Balaban J connectivity index is 1.27. The average Bonchev–Trinajstić information content (AvgIpc) is 3.68. The van der Waals surface area contributed by atoms with Gasteiger partial charge in [0.2, 0.25) is 17.8 Å². The summed E-state index contributed by atoms with van der Waals surface area (Å²) in [6, 6.07) is 7.19. The Bertz CT molecular complexity index is 1280.